The summed E-state index contributed by atoms with van der Waals surface area (Å²) in [5.41, 5.74) is 0.496. The van der Waals surface area contributed by atoms with E-state index in [4.69, 9.17) is 32.7 Å². The van der Waals surface area contributed by atoms with Crippen molar-refractivity contribution >= 4 is 34.8 Å². The topological polar surface area (TPSA) is 50.8 Å². The van der Waals surface area contributed by atoms with Crippen LogP contribution in [0.2, 0.25) is 10.0 Å². The van der Waals surface area contributed by atoms with Gasteiger partial charge in [0, 0.05) is 11.6 Å². The minimum atomic E-state index is -0.384. The molecule has 1 amide bonds. The first-order chi connectivity index (χ1) is 12.4. The van der Waals surface area contributed by atoms with E-state index in [0.29, 0.717) is 28.9 Å². The second kappa shape index (κ2) is 8.16. The van der Waals surface area contributed by atoms with Crippen LogP contribution in [-0.2, 0) is 4.79 Å². The fourth-order valence-corrected chi connectivity index (χ4v) is 3.00. The number of halogens is 2. The molecule has 7 heteroatoms. The Bertz CT molecular complexity index is 800. The first-order valence-electron chi connectivity index (χ1n) is 8.28. The summed E-state index contributed by atoms with van der Waals surface area (Å²) in [6, 6.07) is 12.1. The number of fused-ring (bicyclic) bond motifs is 1. The maximum Gasteiger partial charge on any atom is 0.241 e. The molecule has 0 bridgehead atoms. The van der Waals surface area contributed by atoms with E-state index in [1.807, 2.05) is 43.1 Å². The van der Waals surface area contributed by atoms with E-state index in [2.05, 4.69) is 5.32 Å². The zero-order chi connectivity index (χ0) is 18.7. The number of hydrogen-bond acceptors (Lipinski definition) is 4. The van der Waals surface area contributed by atoms with Crippen molar-refractivity contribution in [2.45, 2.75) is 19.1 Å². The van der Waals surface area contributed by atoms with Crippen molar-refractivity contribution in [3.8, 4) is 11.5 Å². The number of ether oxygens (including phenoxy) is 2. The van der Waals surface area contributed by atoms with E-state index in [1.165, 1.54) is 0 Å². The van der Waals surface area contributed by atoms with Gasteiger partial charge in [0.15, 0.2) is 11.5 Å². The normalized spacial score (nSPS) is 17.0. The van der Waals surface area contributed by atoms with Crippen molar-refractivity contribution in [3.05, 3.63) is 52.5 Å². The monoisotopic (exact) mass is 394 g/mol. The Balaban J connectivity index is 1.58. The lowest BCUT2D eigenvalue weighted by Crippen LogP contribution is -2.46. The minimum Gasteiger partial charge on any atom is -0.486 e. The van der Waals surface area contributed by atoms with Gasteiger partial charge in [-0.1, -0.05) is 35.3 Å². The van der Waals surface area contributed by atoms with E-state index < -0.39 is 0 Å². The molecule has 3 rings (SSSR count). The number of benzene rings is 2. The third kappa shape index (κ3) is 4.41. The Morgan fingerprint density at radius 1 is 1.27 bits per heavy atom. The molecule has 0 saturated heterocycles. The molecule has 1 aliphatic rings. The molecule has 1 aliphatic heterocycles. The van der Waals surface area contributed by atoms with Crippen LogP contribution in [0.3, 0.4) is 0 Å². The Morgan fingerprint density at radius 3 is 2.77 bits per heavy atom. The lowest BCUT2D eigenvalue weighted by atomic mass is 10.2. The molecule has 1 heterocycles. The van der Waals surface area contributed by atoms with Crippen LogP contribution in [0.1, 0.15) is 6.92 Å². The summed E-state index contributed by atoms with van der Waals surface area (Å²) in [7, 11) is 1.87. The minimum absolute atomic E-state index is 0.153. The van der Waals surface area contributed by atoms with Gasteiger partial charge in [-0.25, -0.2) is 0 Å². The van der Waals surface area contributed by atoms with Crippen molar-refractivity contribution in [1.82, 2.24) is 4.90 Å². The van der Waals surface area contributed by atoms with Crippen LogP contribution < -0.4 is 14.8 Å². The molecule has 0 saturated carbocycles. The van der Waals surface area contributed by atoms with Crippen molar-refractivity contribution in [1.29, 1.82) is 0 Å². The van der Waals surface area contributed by atoms with Crippen molar-refractivity contribution in [3.63, 3.8) is 0 Å². The smallest absolute Gasteiger partial charge is 0.241 e. The molecular formula is C19H20Cl2N2O3. The number of amides is 1. The number of carbonyl (C=O) groups is 1. The number of hydrogen-bond donors (Lipinski definition) is 1. The maximum atomic E-state index is 12.5. The van der Waals surface area contributed by atoms with Crippen molar-refractivity contribution in [2.24, 2.45) is 0 Å². The Hall–Kier alpha value is -1.95. The summed E-state index contributed by atoms with van der Waals surface area (Å²) in [5.74, 6) is 1.29. The molecule has 2 atom stereocenters. The maximum absolute atomic E-state index is 12.5. The van der Waals surface area contributed by atoms with Crippen LogP contribution >= 0.6 is 23.2 Å². The predicted octanol–water partition coefficient (Wildman–Crippen LogP) is 4.09. The molecule has 0 spiro atoms. The van der Waals surface area contributed by atoms with E-state index in [0.717, 1.165) is 11.5 Å². The highest BCUT2D eigenvalue weighted by Crippen LogP contribution is 2.31. The van der Waals surface area contributed by atoms with Gasteiger partial charge in [-0.05, 0) is 44.3 Å². The Morgan fingerprint density at radius 2 is 2.00 bits per heavy atom. The fraction of sp³-hybridized carbons (Fsp3) is 0.316. The van der Waals surface area contributed by atoms with Crippen LogP contribution in [0, 0.1) is 0 Å². The van der Waals surface area contributed by atoms with Crippen LogP contribution in [0.25, 0.3) is 0 Å². The van der Waals surface area contributed by atoms with Gasteiger partial charge >= 0.3 is 0 Å². The van der Waals surface area contributed by atoms with Crippen LogP contribution in [0.15, 0.2) is 42.5 Å². The summed E-state index contributed by atoms with van der Waals surface area (Å²) < 4.78 is 11.7. The molecule has 0 radical (unpaired) electrons. The molecule has 0 unspecified atom stereocenters. The average molecular weight is 395 g/mol. The van der Waals surface area contributed by atoms with E-state index in [-0.39, 0.29) is 18.1 Å². The summed E-state index contributed by atoms with van der Waals surface area (Å²) in [5, 5.41) is 3.77. The van der Waals surface area contributed by atoms with Crippen molar-refractivity contribution < 1.29 is 14.3 Å². The lowest BCUT2D eigenvalue weighted by Gasteiger charge is -2.31. The van der Waals surface area contributed by atoms with Gasteiger partial charge in [-0.3, -0.25) is 9.69 Å². The van der Waals surface area contributed by atoms with Gasteiger partial charge in [-0.15, -0.1) is 0 Å². The molecule has 2 aromatic rings. The second-order valence-corrected chi connectivity index (χ2v) is 7.07. The molecule has 2 aromatic carbocycles. The molecule has 1 N–H and O–H groups in total. The highest BCUT2D eigenvalue weighted by Gasteiger charge is 2.26. The van der Waals surface area contributed by atoms with Gasteiger partial charge in [0.1, 0.15) is 12.7 Å². The average Bonchev–Trinajstić information content (AvgIpc) is 2.64. The molecule has 5 nitrogen and oxygen atoms in total. The third-order valence-corrected chi connectivity index (χ3v) is 4.85. The van der Waals surface area contributed by atoms with E-state index >= 15 is 0 Å². The Labute approximate surface area is 162 Å². The van der Waals surface area contributed by atoms with Gasteiger partial charge in [-0.2, -0.15) is 0 Å². The Kier molecular flexibility index (Phi) is 5.91. The second-order valence-electron chi connectivity index (χ2n) is 6.23. The number of nitrogens with zero attached hydrogens (tertiary/aromatic N) is 1. The number of para-hydroxylation sites is 2. The number of carbonyl (C=O) groups excluding carboxylic acids is 1. The van der Waals surface area contributed by atoms with Gasteiger partial charge in [0.25, 0.3) is 0 Å². The van der Waals surface area contributed by atoms with Crippen molar-refractivity contribution in [2.75, 3.05) is 25.5 Å². The van der Waals surface area contributed by atoms with Gasteiger partial charge < -0.3 is 14.8 Å². The molecule has 26 heavy (non-hydrogen) atoms. The summed E-state index contributed by atoms with van der Waals surface area (Å²) >= 11 is 12.1. The van der Waals surface area contributed by atoms with Crippen LogP contribution in [0.5, 0.6) is 11.5 Å². The molecule has 138 valence electrons. The summed E-state index contributed by atoms with van der Waals surface area (Å²) in [6.45, 7) is 2.81. The first kappa shape index (κ1) is 18.8. The predicted molar refractivity (Wildman–Crippen MR) is 104 cm³/mol. The number of likely N-dealkylation sites (N-methyl/N-ethyl adjacent to an activating group) is 1. The molecular weight excluding hydrogens is 375 g/mol. The molecule has 0 aliphatic carbocycles. The zero-order valence-corrected chi connectivity index (χ0v) is 16.1. The van der Waals surface area contributed by atoms with E-state index in [1.54, 1.807) is 18.2 Å². The SMILES string of the molecule is C[C@H](C(=O)Nc1cc(Cl)ccc1Cl)N(C)C[C@H]1COc2ccccc2O1. The van der Waals surface area contributed by atoms with E-state index in [9.17, 15) is 4.79 Å². The standard InChI is InChI=1S/C19H20Cl2N2O3/c1-12(19(24)22-16-9-13(20)7-8-15(16)21)23(2)10-14-11-25-17-5-3-4-6-18(17)26-14/h3-9,12,14H,10-11H2,1-2H3,(H,22,24)/t12-,14+/m1/s1. The fourth-order valence-electron chi connectivity index (χ4n) is 2.66. The highest BCUT2D eigenvalue weighted by atomic mass is 35.5. The number of anilines is 1. The van der Waals surface area contributed by atoms with Gasteiger partial charge in [0.05, 0.1) is 16.8 Å². The lowest BCUT2D eigenvalue weighted by molar-refractivity contribution is -0.120. The van der Waals surface area contributed by atoms with Crippen LogP contribution in [-0.4, -0.2) is 43.2 Å². The molecule has 0 aromatic heterocycles. The number of rotatable bonds is 5. The quantitative estimate of drug-likeness (QED) is 0.829. The van der Waals surface area contributed by atoms with Gasteiger partial charge in [0.2, 0.25) is 5.91 Å². The third-order valence-electron chi connectivity index (χ3n) is 4.29. The highest BCUT2D eigenvalue weighted by molar-refractivity contribution is 6.35. The largest absolute Gasteiger partial charge is 0.486 e. The van der Waals surface area contributed by atoms with Crippen LogP contribution in [0.4, 0.5) is 5.69 Å². The number of nitrogens with one attached hydrogen (secondary N) is 1. The molecule has 0 fully saturated rings. The summed E-state index contributed by atoms with van der Waals surface area (Å²) in [4.78, 5) is 14.4. The first-order valence-corrected chi connectivity index (χ1v) is 9.04. The zero-order valence-electron chi connectivity index (χ0n) is 14.5. The summed E-state index contributed by atoms with van der Waals surface area (Å²) in [6.07, 6.45) is -0.153.